The van der Waals surface area contributed by atoms with Crippen molar-refractivity contribution in [1.29, 1.82) is 0 Å². The minimum atomic E-state index is -3.96. The van der Waals surface area contributed by atoms with E-state index in [-0.39, 0.29) is 11.5 Å². The van der Waals surface area contributed by atoms with Crippen molar-refractivity contribution in [3.63, 3.8) is 0 Å². The summed E-state index contributed by atoms with van der Waals surface area (Å²) in [5.74, 6) is 0.410. The molecular weight excluding hydrogens is 455 g/mol. The fourth-order valence-electron chi connectivity index (χ4n) is 3.74. The van der Waals surface area contributed by atoms with E-state index >= 15 is 0 Å². The lowest BCUT2D eigenvalue weighted by molar-refractivity contribution is 0.399. The van der Waals surface area contributed by atoms with Crippen LogP contribution in [0.3, 0.4) is 0 Å². The average molecular weight is 474 g/mol. The van der Waals surface area contributed by atoms with E-state index in [1.807, 2.05) is 0 Å². The molecule has 5 rings (SSSR count). The number of fused-ring (bicyclic) bond motifs is 2. The molecule has 0 bridgehead atoms. The van der Waals surface area contributed by atoms with Gasteiger partial charge in [-0.25, -0.2) is 14.2 Å². The van der Waals surface area contributed by atoms with Crippen LogP contribution in [-0.2, 0) is 4.57 Å². The number of benzene rings is 3. The Balaban J connectivity index is 1.58. The monoisotopic (exact) mass is 474 g/mol. The van der Waals surface area contributed by atoms with Crippen LogP contribution >= 0.6 is 7.60 Å². The van der Waals surface area contributed by atoms with E-state index in [0.29, 0.717) is 16.5 Å². The predicted octanol–water partition coefficient (Wildman–Crippen LogP) is 5.49. The Morgan fingerprint density at radius 1 is 0.647 bits per heavy atom. The van der Waals surface area contributed by atoms with Crippen LogP contribution < -0.4 is 25.6 Å². The third-order valence-electron chi connectivity index (χ3n) is 5.37. The molecular formula is C26H19O7P. The highest BCUT2D eigenvalue weighted by Gasteiger charge is 2.31. The zero-order valence-electron chi connectivity index (χ0n) is 18.3. The average Bonchev–Trinajstić information content (AvgIpc) is 2.79. The molecule has 0 spiro atoms. The Morgan fingerprint density at radius 3 is 1.59 bits per heavy atom. The summed E-state index contributed by atoms with van der Waals surface area (Å²) < 4.78 is 36.5. The van der Waals surface area contributed by atoms with Crippen LogP contribution in [0.2, 0.25) is 0 Å². The first-order valence-corrected chi connectivity index (χ1v) is 12.0. The summed E-state index contributed by atoms with van der Waals surface area (Å²) in [7, 11) is -3.96. The molecule has 0 radical (unpaired) electrons. The first-order valence-electron chi connectivity index (χ1n) is 10.4. The number of hydrogen-bond donors (Lipinski definition) is 0. The van der Waals surface area contributed by atoms with Gasteiger partial charge in [-0.3, -0.25) is 0 Å². The molecule has 0 aliphatic heterocycles. The van der Waals surface area contributed by atoms with Gasteiger partial charge in [0.05, 0.1) is 5.30 Å². The lowest BCUT2D eigenvalue weighted by Crippen LogP contribution is -2.14. The number of aryl methyl sites for hydroxylation is 2. The summed E-state index contributed by atoms with van der Waals surface area (Å²) in [5, 5.41) is 1.80. The van der Waals surface area contributed by atoms with Gasteiger partial charge in [0.2, 0.25) is 0 Å². The molecule has 0 aliphatic rings. The molecule has 0 amide bonds. The van der Waals surface area contributed by atoms with Gasteiger partial charge in [0.15, 0.2) is 0 Å². The van der Waals surface area contributed by atoms with Crippen LogP contribution in [0.1, 0.15) is 11.1 Å². The van der Waals surface area contributed by atoms with Gasteiger partial charge >= 0.3 is 18.8 Å². The van der Waals surface area contributed by atoms with Crippen molar-refractivity contribution in [2.45, 2.75) is 13.8 Å². The molecule has 3 aromatic carbocycles. The van der Waals surface area contributed by atoms with Crippen molar-refractivity contribution in [2.24, 2.45) is 0 Å². The second kappa shape index (κ2) is 8.36. The topological polar surface area (TPSA) is 96.0 Å². The Kier molecular flexibility index (Phi) is 5.34. The van der Waals surface area contributed by atoms with E-state index in [9.17, 15) is 14.2 Å². The molecule has 0 saturated heterocycles. The van der Waals surface area contributed by atoms with Crippen LogP contribution in [0.25, 0.3) is 21.9 Å². The van der Waals surface area contributed by atoms with Crippen molar-refractivity contribution in [1.82, 2.24) is 0 Å². The molecule has 8 heteroatoms. The minimum absolute atomic E-state index is 0.205. The van der Waals surface area contributed by atoms with Crippen LogP contribution in [-0.4, -0.2) is 0 Å². The van der Waals surface area contributed by atoms with Crippen molar-refractivity contribution in [3.05, 3.63) is 111 Å². The van der Waals surface area contributed by atoms with Crippen LogP contribution in [0.15, 0.2) is 97.3 Å². The molecule has 0 aliphatic carbocycles. The second-order valence-electron chi connectivity index (χ2n) is 7.83. The maximum absolute atomic E-state index is 14.1. The van der Waals surface area contributed by atoms with Gasteiger partial charge in [0.25, 0.3) is 0 Å². The van der Waals surface area contributed by atoms with Gasteiger partial charge in [-0.15, -0.1) is 0 Å². The zero-order valence-corrected chi connectivity index (χ0v) is 19.2. The van der Waals surface area contributed by atoms with Gasteiger partial charge in [0, 0.05) is 35.0 Å². The zero-order chi connectivity index (χ0) is 23.9. The summed E-state index contributed by atoms with van der Waals surface area (Å²) in [6.07, 6.45) is 0. The standard InChI is InChI=1S/C26H19O7P/c1-16-12-25(27)30-23-14-18(8-10-21(16)23)32-34(29,20-6-4-3-5-7-20)33-19-9-11-22-17(2)13-26(28)31-24(22)15-19/h3-15H,1-2H3. The third-order valence-corrected chi connectivity index (χ3v) is 7.20. The SMILES string of the molecule is Cc1cc(=O)oc2cc(OP(=O)(Oc3ccc4c(C)cc(=O)oc4c3)c3ccccc3)ccc12. The summed E-state index contributed by atoms with van der Waals surface area (Å²) in [6, 6.07) is 21.0. The summed E-state index contributed by atoms with van der Waals surface area (Å²) in [6.45, 7) is 3.61. The fourth-order valence-corrected chi connectivity index (χ4v) is 5.30. The van der Waals surface area contributed by atoms with Crippen molar-refractivity contribution < 1.29 is 22.4 Å². The predicted molar refractivity (Wildman–Crippen MR) is 129 cm³/mol. The molecule has 0 unspecified atom stereocenters. The van der Waals surface area contributed by atoms with E-state index in [4.69, 9.17) is 17.9 Å². The smallest absolute Gasteiger partial charge is 0.423 e. The van der Waals surface area contributed by atoms with E-state index in [0.717, 1.165) is 21.9 Å². The molecule has 0 N–H and O–H groups in total. The fraction of sp³-hybridized carbons (Fsp3) is 0.0769. The highest BCUT2D eigenvalue weighted by atomic mass is 31.2. The van der Waals surface area contributed by atoms with Crippen molar-refractivity contribution in [2.75, 3.05) is 0 Å². The van der Waals surface area contributed by atoms with Gasteiger partial charge < -0.3 is 17.9 Å². The largest absolute Gasteiger partial charge is 0.462 e. The Labute approximate surface area is 193 Å². The highest BCUT2D eigenvalue weighted by molar-refractivity contribution is 7.63. The molecule has 0 saturated carbocycles. The van der Waals surface area contributed by atoms with E-state index in [1.54, 1.807) is 68.4 Å². The van der Waals surface area contributed by atoms with E-state index in [1.165, 1.54) is 24.3 Å². The van der Waals surface area contributed by atoms with Gasteiger partial charge in [-0.2, -0.15) is 0 Å². The van der Waals surface area contributed by atoms with Crippen molar-refractivity contribution >= 4 is 34.8 Å². The summed E-state index contributed by atoms with van der Waals surface area (Å²) in [4.78, 5) is 23.6. The quantitative estimate of drug-likeness (QED) is 0.245. The maximum atomic E-state index is 14.1. The van der Waals surface area contributed by atoms with Gasteiger partial charge in [-0.1, -0.05) is 18.2 Å². The minimum Gasteiger partial charge on any atom is -0.423 e. The lowest BCUT2D eigenvalue weighted by atomic mass is 10.1. The highest BCUT2D eigenvalue weighted by Crippen LogP contribution is 2.48. The van der Waals surface area contributed by atoms with Crippen LogP contribution in [0.5, 0.6) is 11.5 Å². The Hall–Kier alpha value is -4.09. The van der Waals surface area contributed by atoms with E-state index in [2.05, 4.69) is 0 Å². The molecule has 2 aromatic heterocycles. The molecule has 170 valence electrons. The summed E-state index contributed by atoms with van der Waals surface area (Å²) in [5.41, 5.74) is 1.16. The van der Waals surface area contributed by atoms with Crippen molar-refractivity contribution in [3.8, 4) is 11.5 Å². The number of hydrogen-bond acceptors (Lipinski definition) is 7. The number of rotatable bonds is 5. The molecule has 2 heterocycles. The first kappa shape index (κ1) is 21.7. The molecule has 7 nitrogen and oxygen atoms in total. The normalized spacial score (nSPS) is 11.6. The Bertz CT molecular complexity index is 1600. The molecule has 34 heavy (non-hydrogen) atoms. The maximum Gasteiger partial charge on any atom is 0.462 e. The summed E-state index contributed by atoms with van der Waals surface area (Å²) >= 11 is 0. The van der Waals surface area contributed by atoms with Crippen LogP contribution in [0, 0.1) is 13.8 Å². The Morgan fingerprint density at radius 2 is 1.12 bits per heavy atom. The first-order chi connectivity index (χ1) is 16.3. The molecule has 5 aromatic rings. The van der Waals surface area contributed by atoms with E-state index < -0.39 is 18.8 Å². The second-order valence-corrected chi connectivity index (χ2v) is 9.70. The van der Waals surface area contributed by atoms with Gasteiger partial charge in [0.1, 0.15) is 22.7 Å². The van der Waals surface area contributed by atoms with Crippen LogP contribution in [0.4, 0.5) is 0 Å². The molecule has 0 fully saturated rings. The van der Waals surface area contributed by atoms with Gasteiger partial charge in [-0.05, 0) is 61.4 Å². The lowest BCUT2D eigenvalue weighted by Gasteiger charge is -2.20. The third kappa shape index (κ3) is 4.14. The molecule has 0 atom stereocenters.